The van der Waals surface area contributed by atoms with Gasteiger partial charge in [0.25, 0.3) is 11.9 Å². The molecule has 1 saturated heterocycles. The van der Waals surface area contributed by atoms with Crippen LogP contribution in [0.25, 0.3) is 22.5 Å². The molecule has 1 aliphatic heterocycles. The minimum atomic E-state index is -0.482. The molecule has 5 rings (SSSR count). The van der Waals surface area contributed by atoms with Crippen molar-refractivity contribution in [1.29, 1.82) is 0 Å². The van der Waals surface area contributed by atoms with Gasteiger partial charge in [-0.25, -0.2) is 18.7 Å². The molecule has 35 heavy (non-hydrogen) atoms. The fraction of sp³-hybridized carbons (Fsp3) is 0.308. The molecular formula is C26H25F2N5O2. The van der Waals surface area contributed by atoms with E-state index in [2.05, 4.69) is 27.2 Å². The molecule has 0 unspecified atom stereocenters. The van der Waals surface area contributed by atoms with Crippen molar-refractivity contribution >= 4 is 23.0 Å². The van der Waals surface area contributed by atoms with Crippen LogP contribution in [0.15, 0.2) is 53.2 Å². The quantitative estimate of drug-likeness (QED) is 0.424. The minimum absolute atomic E-state index is 0.184. The number of hydrogen-bond donors (Lipinski definition) is 1. The average Bonchev–Trinajstić information content (AvgIpc) is 3.24. The van der Waals surface area contributed by atoms with E-state index in [9.17, 15) is 13.6 Å². The van der Waals surface area contributed by atoms with E-state index < -0.39 is 11.6 Å². The normalized spacial score (nSPS) is 18.1. The first-order valence-electron chi connectivity index (χ1n) is 11.6. The number of piperidine rings is 1. The van der Waals surface area contributed by atoms with Crippen molar-refractivity contribution in [3.8, 4) is 11.4 Å². The molecule has 180 valence electrons. The number of nitrogens with one attached hydrogen (secondary N) is 1. The Kier molecular flexibility index (Phi) is 6.15. The number of fused-ring (bicyclic) bond motifs is 1. The Labute approximate surface area is 201 Å². The van der Waals surface area contributed by atoms with E-state index in [1.165, 1.54) is 24.3 Å². The molecule has 0 bridgehead atoms. The van der Waals surface area contributed by atoms with Crippen molar-refractivity contribution in [2.45, 2.75) is 32.7 Å². The predicted octanol–water partition coefficient (Wildman–Crippen LogP) is 5.22. The van der Waals surface area contributed by atoms with Gasteiger partial charge >= 0.3 is 0 Å². The second-order valence-electron chi connectivity index (χ2n) is 8.92. The molecule has 2 atom stereocenters. The summed E-state index contributed by atoms with van der Waals surface area (Å²) in [5, 5.41) is 3.17. The maximum absolute atomic E-state index is 14.5. The highest BCUT2D eigenvalue weighted by molar-refractivity contribution is 6.01. The van der Waals surface area contributed by atoms with Crippen LogP contribution in [-0.2, 0) is 0 Å². The van der Waals surface area contributed by atoms with Gasteiger partial charge in [-0.15, -0.1) is 0 Å². The van der Waals surface area contributed by atoms with Crippen molar-refractivity contribution in [3.63, 3.8) is 0 Å². The number of likely N-dealkylation sites (tertiary alicyclic amines) is 1. The summed E-state index contributed by atoms with van der Waals surface area (Å²) in [6.45, 7) is 4.76. The highest BCUT2D eigenvalue weighted by atomic mass is 19.1. The van der Waals surface area contributed by atoms with Gasteiger partial charge in [0.05, 0.1) is 11.6 Å². The van der Waals surface area contributed by atoms with Gasteiger partial charge in [0.15, 0.2) is 11.4 Å². The van der Waals surface area contributed by atoms with E-state index in [0.29, 0.717) is 41.1 Å². The summed E-state index contributed by atoms with van der Waals surface area (Å²) < 4.78 is 33.6. The molecular weight excluding hydrogens is 452 g/mol. The Hall–Kier alpha value is -3.88. The second-order valence-corrected chi connectivity index (χ2v) is 8.92. The molecule has 9 heteroatoms. The third-order valence-electron chi connectivity index (χ3n) is 6.51. The topological polar surface area (TPSA) is 84.2 Å². The number of halogens is 2. The fourth-order valence-corrected chi connectivity index (χ4v) is 4.77. The molecule has 1 amide bonds. The molecule has 1 aliphatic rings. The smallest absolute Gasteiger partial charge is 0.295 e. The second kappa shape index (κ2) is 9.40. The highest BCUT2D eigenvalue weighted by Gasteiger charge is 2.34. The number of nitrogens with zero attached hydrogens (tertiary/aromatic N) is 4. The number of amides is 1. The Morgan fingerprint density at radius 3 is 2.77 bits per heavy atom. The van der Waals surface area contributed by atoms with Gasteiger partial charge in [-0.05, 0) is 61.6 Å². The molecule has 0 spiro atoms. The van der Waals surface area contributed by atoms with Crippen LogP contribution >= 0.6 is 0 Å². The van der Waals surface area contributed by atoms with Crippen LogP contribution < -0.4 is 5.32 Å². The van der Waals surface area contributed by atoms with Gasteiger partial charge in [-0.2, -0.15) is 4.98 Å². The largest absolute Gasteiger partial charge is 0.423 e. The van der Waals surface area contributed by atoms with Gasteiger partial charge in [-0.3, -0.25) is 4.79 Å². The van der Waals surface area contributed by atoms with Gasteiger partial charge in [0, 0.05) is 37.1 Å². The van der Waals surface area contributed by atoms with Crippen LogP contribution in [0, 0.1) is 24.5 Å². The van der Waals surface area contributed by atoms with Crippen LogP contribution in [0.4, 0.5) is 14.8 Å². The summed E-state index contributed by atoms with van der Waals surface area (Å²) >= 11 is 0. The highest BCUT2D eigenvalue weighted by Crippen LogP contribution is 2.31. The number of oxazole rings is 1. The number of aromatic nitrogens is 3. The summed E-state index contributed by atoms with van der Waals surface area (Å²) in [6.07, 6.45) is 4.99. The molecule has 1 N–H and O–H groups in total. The summed E-state index contributed by atoms with van der Waals surface area (Å²) in [5.41, 5.74) is 2.26. The van der Waals surface area contributed by atoms with Crippen molar-refractivity contribution in [2.24, 2.45) is 5.92 Å². The lowest BCUT2D eigenvalue weighted by Crippen LogP contribution is -2.51. The molecule has 0 saturated carbocycles. The van der Waals surface area contributed by atoms with E-state index in [0.717, 1.165) is 12.8 Å². The Morgan fingerprint density at radius 1 is 1.17 bits per heavy atom. The summed E-state index contributed by atoms with van der Waals surface area (Å²) in [6, 6.07) is 8.58. The summed E-state index contributed by atoms with van der Waals surface area (Å²) in [7, 11) is 0. The summed E-state index contributed by atoms with van der Waals surface area (Å²) in [5.74, 6) is -0.585. The number of rotatable bonds is 5. The van der Waals surface area contributed by atoms with E-state index in [1.807, 2.05) is 0 Å². The SMILES string of the molecule is Cc1cc(F)cc(C(=O)N2CCC[C@@H](C)[C@H]2CNc2nc3ccc(F)cc3o2)c1-c1ncccn1. The van der Waals surface area contributed by atoms with Gasteiger partial charge in [0.2, 0.25) is 0 Å². The maximum atomic E-state index is 14.5. The monoisotopic (exact) mass is 477 g/mol. The minimum Gasteiger partial charge on any atom is -0.423 e. The number of anilines is 1. The summed E-state index contributed by atoms with van der Waals surface area (Å²) in [4.78, 5) is 28.6. The first kappa shape index (κ1) is 22.9. The van der Waals surface area contributed by atoms with Crippen LogP contribution in [0.3, 0.4) is 0 Å². The van der Waals surface area contributed by atoms with Crippen molar-refractivity contribution < 1.29 is 18.0 Å². The lowest BCUT2D eigenvalue weighted by molar-refractivity contribution is 0.0539. The van der Waals surface area contributed by atoms with Gasteiger partial charge in [-0.1, -0.05) is 6.92 Å². The van der Waals surface area contributed by atoms with E-state index in [4.69, 9.17) is 4.42 Å². The van der Waals surface area contributed by atoms with Crippen LogP contribution in [0.5, 0.6) is 0 Å². The lowest BCUT2D eigenvalue weighted by atomic mass is 9.89. The molecule has 0 radical (unpaired) electrons. The van der Waals surface area contributed by atoms with Crippen LogP contribution in [-0.4, -0.2) is 44.9 Å². The Bertz CT molecular complexity index is 1380. The zero-order valence-corrected chi connectivity index (χ0v) is 19.5. The Morgan fingerprint density at radius 2 is 1.97 bits per heavy atom. The zero-order chi connectivity index (χ0) is 24.5. The molecule has 4 aromatic rings. The molecule has 1 fully saturated rings. The standard InChI is InChI=1S/C26H25F2N5O2/c1-15-5-3-10-33(21(15)14-31-26-32-20-7-6-17(27)13-22(20)35-26)25(34)19-12-18(28)11-16(2)23(19)24-29-8-4-9-30-24/h4,6-9,11-13,15,21H,3,5,10,14H2,1-2H3,(H,31,32)/t15-,21-/m1/s1. The third-order valence-corrected chi connectivity index (χ3v) is 6.51. The number of carbonyl (C=O) groups is 1. The predicted molar refractivity (Wildman–Crippen MR) is 128 cm³/mol. The lowest BCUT2D eigenvalue weighted by Gasteiger charge is -2.40. The Balaban J connectivity index is 1.44. The van der Waals surface area contributed by atoms with Crippen molar-refractivity contribution in [2.75, 3.05) is 18.4 Å². The average molecular weight is 478 g/mol. The van der Waals surface area contributed by atoms with E-state index >= 15 is 0 Å². The first-order valence-corrected chi connectivity index (χ1v) is 11.6. The van der Waals surface area contributed by atoms with E-state index in [1.54, 1.807) is 36.4 Å². The maximum Gasteiger partial charge on any atom is 0.295 e. The number of benzene rings is 2. The van der Waals surface area contributed by atoms with Crippen LogP contribution in [0.1, 0.15) is 35.7 Å². The number of carbonyl (C=O) groups excluding carboxylic acids is 1. The van der Waals surface area contributed by atoms with Crippen molar-refractivity contribution in [3.05, 3.63) is 71.6 Å². The van der Waals surface area contributed by atoms with Gasteiger partial charge < -0.3 is 14.6 Å². The number of hydrogen-bond acceptors (Lipinski definition) is 6. The van der Waals surface area contributed by atoms with E-state index in [-0.39, 0.29) is 29.4 Å². The first-order chi connectivity index (χ1) is 16.9. The van der Waals surface area contributed by atoms with Gasteiger partial charge in [0.1, 0.15) is 17.2 Å². The number of aryl methyl sites for hydroxylation is 1. The molecule has 7 nitrogen and oxygen atoms in total. The zero-order valence-electron chi connectivity index (χ0n) is 19.5. The third kappa shape index (κ3) is 4.58. The van der Waals surface area contributed by atoms with Crippen molar-refractivity contribution in [1.82, 2.24) is 19.9 Å². The van der Waals surface area contributed by atoms with Crippen LogP contribution in [0.2, 0.25) is 0 Å². The fourth-order valence-electron chi connectivity index (χ4n) is 4.77. The molecule has 3 heterocycles. The molecule has 2 aromatic heterocycles. The molecule has 0 aliphatic carbocycles. The molecule has 2 aromatic carbocycles.